The molecule has 0 saturated carbocycles. The molecule has 0 aliphatic heterocycles. The second-order valence-corrected chi connectivity index (χ2v) is 3.63. The van der Waals surface area contributed by atoms with Crippen LogP contribution in [0.25, 0.3) is 4.91 Å². The molecule has 0 bridgehead atoms. The molecule has 1 aromatic heterocycles. The van der Waals surface area contributed by atoms with Crippen molar-refractivity contribution in [3.05, 3.63) is 28.5 Å². The van der Waals surface area contributed by atoms with E-state index in [0.717, 1.165) is 0 Å². The predicted molar refractivity (Wildman–Crippen MR) is 51.5 cm³/mol. The molecule has 1 aromatic rings. The standard InChI is InChI=1S/C8H10S2/c1-3-7(9-2)8-5-4-6-10-8/h3-6H,1-2H3/b7-3-. The third-order valence-corrected chi connectivity index (χ3v) is 3.17. The second kappa shape index (κ2) is 3.84. The Bertz CT molecular complexity index is 209. The fourth-order valence-electron chi connectivity index (χ4n) is 0.779. The molecule has 0 nitrogen and oxygen atoms in total. The van der Waals surface area contributed by atoms with Gasteiger partial charge in [-0.15, -0.1) is 23.1 Å². The average Bonchev–Trinajstić information content (AvgIpc) is 2.43. The van der Waals surface area contributed by atoms with Gasteiger partial charge >= 0.3 is 0 Å². The summed E-state index contributed by atoms with van der Waals surface area (Å²) in [6.45, 7) is 2.07. The molecular formula is C8H10S2. The van der Waals surface area contributed by atoms with E-state index in [0.29, 0.717) is 0 Å². The lowest BCUT2D eigenvalue weighted by Crippen LogP contribution is -1.67. The molecule has 0 aliphatic carbocycles. The first-order valence-electron chi connectivity index (χ1n) is 3.12. The van der Waals surface area contributed by atoms with E-state index in [9.17, 15) is 0 Å². The molecule has 1 rings (SSSR count). The smallest absolute Gasteiger partial charge is 0.0402 e. The maximum atomic E-state index is 2.15. The first-order chi connectivity index (χ1) is 4.88. The van der Waals surface area contributed by atoms with Crippen molar-refractivity contribution in [3.8, 4) is 0 Å². The van der Waals surface area contributed by atoms with Crippen LogP contribution in [0.5, 0.6) is 0 Å². The zero-order valence-corrected chi connectivity index (χ0v) is 7.76. The molecule has 0 fully saturated rings. The lowest BCUT2D eigenvalue weighted by Gasteiger charge is -1.96. The van der Waals surface area contributed by atoms with E-state index >= 15 is 0 Å². The number of rotatable bonds is 2. The molecule has 54 valence electrons. The van der Waals surface area contributed by atoms with Crippen LogP contribution in [0.2, 0.25) is 0 Å². The van der Waals surface area contributed by atoms with E-state index in [1.165, 1.54) is 9.78 Å². The maximum Gasteiger partial charge on any atom is 0.0402 e. The van der Waals surface area contributed by atoms with Crippen molar-refractivity contribution in [2.24, 2.45) is 0 Å². The third-order valence-electron chi connectivity index (χ3n) is 1.25. The summed E-state index contributed by atoms with van der Waals surface area (Å²) < 4.78 is 0. The van der Waals surface area contributed by atoms with Gasteiger partial charge in [0.15, 0.2) is 0 Å². The molecule has 0 amide bonds. The highest BCUT2D eigenvalue weighted by atomic mass is 32.2. The summed E-state index contributed by atoms with van der Waals surface area (Å²) in [6, 6.07) is 4.23. The van der Waals surface area contributed by atoms with E-state index < -0.39 is 0 Å². The van der Waals surface area contributed by atoms with Crippen LogP contribution in [0.15, 0.2) is 23.6 Å². The van der Waals surface area contributed by atoms with Crippen LogP contribution in [0.1, 0.15) is 11.8 Å². The summed E-state index contributed by atoms with van der Waals surface area (Å²) in [6.07, 6.45) is 4.26. The Morgan fingerprint density at radius 2 is 2.50 bits per heavy atom. The molecule has 0 atom stereocenters. The molecular weight excluding hydrogens is 160 g/mol. The van der Waals surface area contributed by atoms with Gasteiger partial charge in [0.2, 0.25) is 0 Å². The van der Waals surface area contributed by atoms with Gasteiger partial charge in [0.25, 0.3) is 0 Å². The number of thioether (sulfide) groups is 1. The Morgan fingerprint density at radius 3 is 2.90 bits per heavy atom. The topological polar surface area (TPSA) is 0 Å². The van der Waals surface area contributed by atoms with Crippen molar-refractivity contribution < 1.29 is 0 Å². The molecule has 0 N–H and O–H groups in total. The van der Waals surface area contributed by atoms with Crippen LogP contribution in [-0.2, 0) is 0 Å². The summed E-state index contributed by atoms with van der Waals surface area (Å²) in [5.41, 5.74) is 0. The second-order valence-electron chi connectivity index (χ2n) is 1.83. The van der Waals surface area contributed by atoms with Gasteiger partial charge in [0.05, 0.1) is 0 Å². The third kappa shape index (κ3) is 1.64. The summed E-state index contributed by atoms with van der Waals surface area (Å²) >= 11 is 3.59. The summed E-state index contributed by atoms with van der Waals surface area (Å²) in [5.74, 6) is 0. The van der Waals surface area contributed by atoms with Crippen LogP contribution >= 0.6 is 23.1 Å². The summed E-state index contributed by atoms with van der Waals surface area (Å²) in [4.78, 5) is 2.74. The van der Waals surface area contributed by atoms with E-state index in [1.807, 2.05) is 0 Å². The lowest BCUT2D eigenvalue weighted by molar-refractivity contribution is 1.77. The number of allylic oxidation sites excluding steroid dienone is 1. The van der Waals surface area contributed by atoms with Gasteiger partial charge in [0, 0.05) is 9.78 Å². The zero-order chi connectivity index (χ0) is 7.40. The maximum absolute atomic E-state index is 2.15. The fraction of sp³-hybridized carbons (Fsp3) is 0.250. The highest BCUT2D eigenvalue weighted by Crippen LogP contribution is 2.28. The van der Waals surface area contributed by atoms with Gasteiger partial charge in [-0.25, -0.2) is 0 Å². The minimum Gasteiger partial charge on any atom is -0.143 e. The lowest BCUT2D eigenvalue weighted by atomic mass is 10.4. The summed E-state index contributed by atoms with van der Waals surface area (Å²) in [5, 5.41) is 2.11. The molecule has 0 saturated heterocycles. The van der Waals surface area contributed by atoms with Gasteiger partial charge in [-0.1, -0.05) is 12.1 Å². The number of thiophene rings is 1. The largest absolute Gasteiger partial charge is 0.143 e. The SMILES string of the molecule is C/C=C(\SC)c1cccs1. The van der Waals surface area contributed by atoms with Crippen molar-refractivity contribution in [1.29, 1.82) is 0 Å². The van der Waals surface area contributed by atoms with Crippen molar-refractivity contribution in [3.63, 3.8) is 0 Å². The van der Waals surface area contributed by atoms with Gasteiger partial charge in [0.1, 0.15) is 0 Å². The van der Waals surface area contributed by atoms with Crippen LogP contribution < -0.4 is 0 Å². The first-order valence-corrected chi connectivity index (χ1v) is 5.23. The van der Waals surface area contributed by atoms with E-state index in [1.54, 1.807) is 23.1 Å². The van der Waals surface area contributed by atoms with Crippen LogP contribution in [-0.4, -0.2) is 6.26 Å². The quantitative estimate of drug-likeness (QED) is 0.655. The number of hydrogen-bond donors (Lipinski definition) is 0. The molecule has 0 radical (unpaired) electrons. The molecule has 2 heteroatoms. The highest BCUT2D eigenvalue weighted by Gasteiger charge is 1.96. The normalized spacial score (nSPS) is 12.0. The van der Waals surface area contributed by atoms with Crippen molar-refractivity contribution in [2.75, 3.05) is 6.26 Å². The average molecular weight is 170 g/mol. The Morgan fingerprint density at radius 1 is 1.70 bits per heavy atom. The Hall–Kier alpha value is -0.210. The van der Waals surface area contributed by atoms with Gasteiger partial charge in [-0.05, 0) is 24.6 Å². The Kier molecular flexibility index (Phi) is 3.03. The van der Waals surface area contributed by atoms with Crippen molar-refractivity contribution in [2.45, 2.75) is 6.92 Å². The predicted octanol–water partition coefficient (Wildman–Crippen LogP) is 3.47. The molecule has 0 unspecified atom stereocenters. The van der Waals surface area contributed by atoms with E-state index in [4.69, 9.17) is 0 Å². The first kappa shape index (κ1) is 7.89. The van der Waals surface area contributed by atoms with Gasteiger partial charge in [-0.2, -0.15) is 0 Å². The molecule has 0 spiro atoms. The number of hydrogen-bond acceptors (Lipinski definition) is 2. The van der Waals surface area contributed by atoms with Crippen LogP contribution in [0.3, 0.4) is 0 Å². The zero-order valence-electron chi connectivity index (χ0n) is 6.13. The van der Waals surface area contributed by atoms with Crippen LogP contribution in [0.4, 0.5) is 0 Å². The van der Waals surface area contributed by atoms with Gasteiger partial charge in [-0.3, -0.25) is 0 Å². The highest BCUT2D eigenvalue weighted by molar-refractivity contribution is 8.07. The van der Waals surface area contributed by atoms with Crippen LogP contribution in [0, 0.1) is 0 Å². The molecule has 0 aliphatic rings. The van der Waals surface area contributed by atoms with E-state index in [2.05, 4.69) is 36.8 Å². The molecule has 1 heterocycles. The Labute approximate surface area is 70.0 Å². The Balaban J connectivity index is 2.85. The molecule has 10 heavy (non-hydrogen) atoms. The monoisotopic (exact) mass is 170 g/mol. The van der Waals surface area contributed by atoms with Crippen molar-refractivity contribution in [1.82, 2.24) is 0 Å². The summed E-state index contributed by atoms with van der Waals surface area (Å²) in [7, 11) is 0. The fourth-order valence-corrected chi connectivity index (χ4v) is 2.37. The van der Waals surface area contributed by atoms with Crippen molar-refractivity contribution >= 4 is 28.0 Å². The minimum absolute atomic E-state index is 1.37. The molecule has 0 aromatic carbocycles. The van der Waals surface area contributed by atoms with Gasteiger partial charge < -0.3 is 0 Å². The van der Waals surface area contributed by atoms with E-state index in [-0.39, 0.29) is 0 Å². The minimum atomic E-state index is 1.37.